The van der Waals surface area contributed by atoms with Crippen LogP contribution in [-0.2, 0) is 0 Å². The van der Waals surface area contributed by atoms with Crippen molar-refractivity contribution < 1.29 is 4.79 Å². The Hall–Kier alpha value is -4.20. The molecule has 33 heavy (non-hydrogen) atoms. The van der Waals surface area contributed by atoms with E-state index in [2.05, 4.69) is 44.4 Å². The Morgan fingerprint density at radius 3 is 2.42 bits per heavy atom. The van der Waals surface area contributed by atoms with Crippen LogP contribution in [0, 0.1) is 6.92 Å². The monoisotopic (exact) mass is 441 g/mol. The average molecular weight is 442 g/mol. The minimum absolute atomic E-state index is 0.181. The molecule has 2 N–H and O–H groups in total. The maximum atomic E-state index is 12.7. The van der Waals surface area contributed by atoms with Crippen molar-refractivity contribution in [1.29, 1.82) is 0 Å². The molecule has 0 bridgehead atoms. The molecule has 0 spiro atoms. The second-order valence-electron chi connectivity index (χ2n) is 7.49. The maximum Gasteiger partial charge on any atom is 0.255 e. The zero-order chi connectivity index (χ0) is 23.2. The number of nitrogens with zero attached hydrogens (tertiary/aromatic N) is 5. The highest BCUT2D eigenvalue weighted by atomic mass is 16.1. The molecule has 8 heteroatoms. The molecule has 0 atom stereocenters. The van der Waals surface area contributed by atoms with Crippen LogP contribution in [0.15, 0.2) is 73.1 Å². The number of nitrogens with one attached hydrogen (secondary N) is 2. The van der Waals surface area contributed by atoms with Gasteiger partial charge in [-0.25, -0.2) is 14.6 Å². The summed E-state index contributed by atoms with van der Waals surface area (Å²) in [6.45, 7) is 7.86. The fraction of sp³-hybridized carbons (Fsp3) is 0.200. The fourth-order valence-corrected chi connectivity index (χ4v) is 3.52. The molecule has 0 saturated carbocycles. The van der Waals surface area contributed by atoms with E-state index in [1.807, 2.05) is 67.7 Å². The molecule has 0 fully saturated rings. The van der Waals surface area contributed by atoms with Crippen LogP contribution >= 0.6 is 0 Å². The summed E-state index contributed by atoms with van der Waals surface area (Å²) in [5.74, 6) is 2.16. The van der Waals surface area contributed by atoms with E-state index in [-0.39, 0.29) is 5.91 Å². The van der Waals surface area contributed by atoms with Crippen molar-refractivity contribution in [3.8, 4) is 5.69 Å². The molecular formula is C25H27N7O. The summed E-state index contributed by atoms with van der Waals surface area (Å²) in [6.07, 6.45) is 3.54. The standard InChI is InChI=1S/C25H27N7O/c1-4-31(5-2)24-17-23(27-18(3)28-24)29-20-10-12-21(13-11-20)30-25(33)19-8-6-9-22(16-19)32-15-7-14-26-32/h6-17H,4-5H2,1-3H3,(H,30,33)(H,27,28,29). The molecule has 4 rings (SSSR count). The number of rotatable bonds is 8. The Morgan fingerprint density at radius 1 is 0.970 bits per heavy atom. The summed E-state index contributed by atoms with van der Waals surface area (Å²) in [5, 5.41) is 10.5. The van der Waals surface area contributed by atoms with Crippen LogP contribution in [0.3, 0.4) is 0 Å². The highest BCUT2D eigenvalue weighted by Gasteiger charge is 2.10. The minimum atomic E-state index is -0.181. The summed E-state index contributed by atoms with van der Waals surface area (Å²) in [6, 6.07) is 18.7. The van der Waals surface area contributed by atoms with Gasteiger partial charge in [-0.05, 0) is 69.3 Å². The first-order valence-electron chi connectivity index (χ1n) is 10.9. The summed E-state index contributed by atoms with van der Waals surface area (Å²) in [5.41, 5.74) is 2.97. The number of amides is 1. The van der Waals surface area contributed by atoms with Gasteiger partial charge in [-0.2, -0.15) is 5.10 Å². The van der Waals surface area contributed by atoms with Crippen molar-refractivity contribution in [3.05, 3.63) is 84.4 Å². The van der Waals surface area contributed by atoms with Gasteiger partial charge < -0.3 is 15.5 Å². The second-order valence-corrected chi connectivity index (χ2v) is 7.49. The van der Waals surface area contributed by atoms with E-state index in [9.17, 15) is 4.79 Å². The Labute approximate surface area is 193 Å². The molecular weight excluding hydrogens is 414 g/mol. The Bertz CT molecular complexity index is 1220. The van der Waals surface area contributed by atoms with Crippen LogP contribution in [0.25, 0.3) is 5.69 Å². The molecule has 0 unspecified atom stereocenters. The highest BCUT2D eigenvalue weighted by molar-refractivity contribution is 6.04. The van der Waals surface area contributed by atoms with Crippen molar-refractivity contribution >= 4 is 28.9 Å². The normalized spacial score (nSPS) is 10.6. The molecule has 0 aliphatic heterocycles. The zero-order valence-electron chi connectivity index (χ0n) is 19.0. The van der Waals surface area contributed by atoms with Gasteiger partial charge in [0.2, 0.25) is 0 Å². The average Bonchev–Trinajstić information content (AvgIpc) is 3.36. The fourth-order valence-electron chi connectivity index (χ4n) is 3.52. The molecule has 0 aliphatic carbocycles. The van der Waals surface area contributed by atoms with Gasteiger partial charge in [-0.15, -0.1) is 0 Å². The number of hydrogen-bond donors (Lipinski definition) is 2. The van der Waals surface area contributed by atoms with Crippen molar-refractivity contribution in [2.75, 3.05) is 28.6 Å². The number of carbonyl (C=O) groups excluding carboxylic acids is 1. The Balaban J connectivity index is 1.44. The molecule has 168 valence electrons. The first kappa shape index (κ1) is 22.0. The number of aryl methyl sites for hydroxylation is 1. The van der Waals surface area contributed by atoms with E-state index >= 15 is 0 Å². The molecule has 8 nitrogen and oxygen atoms in total. The van der Waals surface area contributed by atoms with Gasteiger partial charge in [0.05, 0.1) is 5.69 Å². The smallest absolute Gasteiger partial charge is 0.255 e. The molecule has 2 heterocycles. The topological polar surface area (TPSA) is 88.0 Å². The van der Waals surface area contributed by atoms with Gasteiger partial charge in [-0.1, -0.05) is 6.07 Å². The minimum Gasteiger partial charge on any atom is -0.357 e. The lowest BCUT2D eigenvalue weighted by molar-refractivity contribution is 0.102. The Kier molecular flexibility index (Phi) is 6.64. The Morgan fingerprint density at radius 2 is 1.73 bits per heavy atom. The number of aromatic nitrogens is 4. The van der Waals surface area contributed by atoms with E-state index in [0.29, 0.717) is 17.1 Å². The van der Waals surface area contributed by atoms with E-state index in [0.717, 1.165) is 36.1 Å². The SMILES string of the molecule is CCN(CC)c1cc(Nc2ccc(NC(=O)c3cccc(-n4cccn4)c3)cc2)nc(C)n1. The van der Waals surface area contributed by atoms with Gasteiger partial charge in [0.1, 0.15) is 17.5 Å². The lowest BCUT2D eigenvalue weighted by Crippen LogP contribution is -2.23. The summed E-state index contributed by atoms with van der Waals surface area (Å²) in [7, 11) is 0. The second kappa shape index (κ2) is 9.95. The first-order valence-corrected chi connectivity index (χ1v) is 10.9. The number of anilines is 4. The van der Waals surface area contributed by atoms with E-state index < -0.39 is 0 Å². The summed E-state index contributed by atoms with van der Waals surface area (Å²) < 4.78 is 1.72. The van der Waals surface area contributed by atoms with E-state index in [1.54, 1.807) is 16.9 Å². The number of benzene rings is 2. The molecule has 1 amide bonds. The lowest BCUT2D eigenvalue weighted by atomic mass is 10.2. The van der Waals surface area contributed by atoms with Crippen LogP contribution in [-0.4, -0.2) is 38.7 Å². The van der Waals surface area contributed by atoms with Gasteiger partial charge >= 0.3 is 0 Å². The molecule has 0 aliphatic rings. The van der Waals surface area contributed by atoms with Crippen LogP contribution in [0.2, 0.25) is 0 Å². The number of hydrogen-bond acceptors (Lipinski definition) is 6. The molecule has 2 aromatic heterocycles. The highest BCUT2D eigenvalue weighted by Crippen LogP contribution is 2.22. The summed E-state index contributed by atoms with van der Waals surface area (Å²) >= 11 is 0. The lowest BCUT2D eigenvalue weighted by Gasteiger charge is -2.20. The van der Waals surface area contributed by atoms with Gasteiger partial charge in [0, 0.05) is 48.5 Å². The maximum absolute atomic E-state index is 12.7. The first-order chi connectivity index (χ1) is 16.1. The van der Waals surface area contributed by atoms with Gasteiger partial charge in [0.15, 0.2) is 0 Å². The molecule has 2 aromatic carbocycles. The van der Waals surface area contributed by atoms with Gasteiger partial charge in [-0.3, -0.25) is 4.79 Å². The zero-order valence-corrected chi connectivity index (χ0v) is 19.0. The summed E-state index contributed by atoms with van der Waals surface area (Å²) in [4.78, 5) is 23.9. The van der Waals surface area contributed by atoms with Crippen LogP contribution < -0.4 is 15.5 Å². The molecule has 0 saturated heterocycles. The van der Waals surface area contributed by atoms with Crippen LogP contribution in [0.1, 0.15) is 30.0 Å². The predicted molar refractivity (Wildman–Crippen MR) is 132 cm³/mol. The molecule has 0 radical (unpaired) electrons. The third kappa shape index (κ3) is 5.35. The number of carbonyl (C=O) groups is 1. The molecule has 4 aromatic rings. The third-order valence-corrected chi connectivity index (χ3v) is 5.20. The van der Waals surface area contributed by atoms with Crippen LogP contribution in [0.5, 0.6) is 0 Å². The van der Waals surface area contributed by atoms with Crippen LogP contribution in [0.4, 0.5) is 23.0 Å². The van der Waals surface area contributed by atoms with E-state index in [4.69, 9.17) is 0 Å². The van der Waals surface area contributed by atoms with Crippen molar-refractivity contribution in [2.45, 2.75) is 20.8 Å². The van der Waals surface area contributed by atoms with Gasteiger partial charge in [0.25, 0.3) is 5.91 Å². The van der Waals surface area contributed by atoms with Crippen molar-refractivity contribution in [3.63, 3.8) is 0 Å². The van der Waals surface area contributed by atoms with Crippen molar-refractivity contribution in [2.24, 2.45) is 0 Å². The third-order valence-electron chi connectivity index (χ3n) is 5.20. The predicted octanol–water partition coefficient (Wildman–Crippen LogP) is 4.81. The largest absolute Gasteiger partial charge is 0.357 e. The van der Waals surface area contributed by atoms with E-state index in [1.165, 1.54) is 0 Å². The quantitative estimate of drug-likeness (QED) is 0.408. The van der Waals surface area contributed by atoms with Crippen molar-refractivity contribution in [1.82, 2.24) is 19.7 Å².